The summed E-state index contributed by atoms with van der Waals surface area (Å²) in [4.78, 5) is 18.1. The van der Waals surface area contributed by atoms with Crippen LogP contribution in [0.3, 0.4) is 0 Å². The van der Waals surface area contributed by atoms with Gasteiger partial charge in [0.2, 0.25) is 0 Å². The number of carbonyl (C=O) groups is 1. The molecule has 1 unspecified atom stereocenters. The van der Waals surface area contributed by atoms with Crippen molar-refractivity contribution in [3.8, 4) is 0 Å². The van der Waals surface area contributed by atoms with Gasteiger partial charge in [0, 0.05) is 45.1 Å². The monoisotopic (exact) mass is 289 g/mol. The van der Waals surface area contributed by atoms with Gasteiger partial charge in [-0.2, -0.15) is 0 Å². The van der Waals surface area contributed by atoms with E-state index in [4.69, 9.17) is 0 Å². The molecule has 2 aliphatic rings. The Morgan fingerprint density at radius 3 is 2.30 bits per heavy atom. The van der Waals surface area contributed by atoms with Gasteiger partial charge < -0.3 is 9.80 Å². The minimum absolute atomic E-state index is 0.0600. The highest BCUT2D eigenvalue weighted by molar-refractivity contribution is 5.75. The largest absolute Gasteiger partial charge is 0.324 e. The van der Waals surface area contributed by atoms with E-state index in [0.29, 0.717) is 6.04 Å². The second-order valence-electron chi connectivity index (χ2n) is 5.74. The Bertz CT molecular complexity index is 337. The van der Waals surface area contributed by atoms with Crippen LogP contribution in [-0.2, 0) is 0 Å². The van der Waals surface area contributed by atoms with Crippen LogP contribution in [0.4, 0.5) is 13.6 Å². The zero-order valence-corrected chi connectivity index (χ0v) is 12.4. The lowest BCUT2D eigenvalue weighted by atomic mass is 10.1. The first kappa shape index (κ1) is 15.5. The molecule has 0 saturated carbocycles. The van der Waals surface area contributed by atoms with Gasteiger partial charge in [0.05, 0.1) is 0 Å². The fourth-order valence-corrected chi connectivity index (χ4v) is 3.18. The van der Waals surface area contributed by atoms with Gasteiger partial charge in [-0.05, 0) is 19.5 Å². The summed E-state index contributed by atoms with van der Waals surface area (Å²) in [5.74, 6) is -2.59. The van der Waals surface area contributed by atoms with Crippen LogP contribution in [0.1, 0.15) is 33.1 Å². The summed E-state index contributed by atoms with van der Waals surface area (Å²) < 4.78 is 26.2. The Labute approximate surface area is 119 Å². The molecule has 0 N–H and O–H groups in total. The third kappa shape index (κ3) is 3.40. The van der Waals surface area contributed by atoms with E-state index in [0.717, 1.165) is 32.6 Å². The number of carbonyl (C=O) groups excluding carboxylic acids is 1. The zero-order chi connectivity index (χ0) is 14.8. The molecule has 2 fully saturated rings. The van der Waals surface area contributed by atoms with Gasteiger partial charge in [0.25, 0.3) is 5.92 Å². The molecule has 4 nitrogen and oxygen atoms in total. The molecule has 2 aliphatic heterocycles. The number of amides is 2. The van der Waals surface area contributed by atoms with Crippen LogP contribution in [0.2, 0.25) is 0 Å². The van der Waals surface area contributed by atoms with Crippen LogP contribution < -0.4 is 0 Å². The standard InChI is InChI=1S/C14H25F2N3O/c1-3-17(4-2)12-5-8-19(11-12)13(20)18-9-6-14(15,16)7-10-18/h12H,3-11H2,1-2H3. The molecule has 20 heavy (non-hydrogen) atoms. The predicted octanol–water partition coefficient (Wildman–Crippen LogP) is 2.25. The minimum atomic E-state index is -2.59. The SMILES string of the molecule is CCN(CC)C1CCN(C(=O)N2CCC(F)(F)CC2)C1. The van der Waals surface area contributed by atoms with Crippen molar-refractivity contribution < 1.29 is 13.6 Å². The Hall–Kier alpha value is -0.910. The van der Waals surface area contributed by atoms with Gasteiger partial charge in [0.1, 0.15) is 0 Å². The topological polar surface area (TPSA) is 26.8 Å². The van der Waals surface area contributed by atoms with Crippen molar-refractivity contribution in [1.29, 1.82) is 0 Å². The van der Waals surface area contributed by atoms with Crippen molar-refractivity contribution >= 4 is 6.03 Å². The molecule has 0 spiro atoms. The van der Waals surface area contributed by atoms with E-state index in [9.17, 15) is 13.6 Å². The molecule has 2 amide bonds. The van der Waals surface area contributed by atoms with Crippen LogP contribution in [-0.4, -0.2) is 72.0 Å². The maximum atomic E-state index is 13.1. The molecule has 2 rings (SSSR count). The van der Waals surface area contributed by atoms with Crippen LogP contribution in [0.5, 0.6) is 0 Å². The number of hydrogen-bond acceptors (Lipinski definition) is 2. The first-order valence-electron chi connectivity index (χ1n) is 7.62. The highest BCUT2D eigenvalue weighted by Gasteiger charge is 2.38. The molecule has 116 valence electrons. The van der Waals surface area contributed by atoms with Crippen molar-refractivity contribution in [3.05, 3.63) is 0 Å². The maximum absolute atomic E-state index is 13.1. The molecule has 0 aromatic rings. The number of urea groups is 1. The Morgan fingerprint density at radius 1 is 1.15 bits per heavy atom. The lowest BCUT2D eigenvalue weighted by Crippen LogP contribution is -2.49. The lowest BCUT2D eigenvalue weighted by Gasteiger charge is -2.34. The van der Waals surface area contributed by atoms with Gasteiger partial charge in [-0.1, -0.05) is 13.8 Å². The van der Waals surface area contributed by atoms with E-state index >= 15 is 0 Å². The molecule has 2 saturated heterocycles. The van der Waals surface area contributed by atoms with E-state index in [2.05, 4.69) is 18.7 Å². The van der Waals surface area contributed by atoms with E-state index < -0.39 is 5.92 Å². The molecule has 2 heterocycles. The summed E-state index contributed by atoms with van der Waals surface area (Å²) in [6.07, 6.45) is 0.579. The van der Waals surface area contributed by atoms with Crippen molar-refractivity contribution in [2.75, 3.05) is 39.3 Å². The minimum Gasteiger partial charge on any atom is -0.324 e. The summed E-state index contributed by atoms with van der Waals surface area (Å²) in [5.41, 5.74) is 0. The summed E-state index contributed by atoms with van der Waals surface area (Å²) in [6.45, 7) is 8.05. The van der Waals surface area contributed by atoms with Crippen LogP contribution in [0.15, 0.2) is 0 Å². The van der Waals surface area contributed by atoms with Gasteiger partial charge in [0.15, 0.2) is 0 Å². The zero-order valence-electron chi connectivity index (χ0n) is 12.4. The fraction of sp³-hybridized carbons (Fsp3) is 0.929. The van der Waals surface area contributed by atoms with Gasteiger partial charge in [-0.15, -0.1) is 0 Å². The highest BCUT2D eigenvalue weighted by atomic mass is 19.3. The molecule has 6 heteroatoms. The van der Waals surface area contributed by atoms with Gasteiger partial charge in [-0.25, -0.2) is 13.6 Å². The van der Waals surface area contributed by atoms with Crippen molar-refractivity contribution in [3.63, 3.8) is 0 Å². The molecular weight excluding hydrogens is 264 g/mol. The second kappa shape index (κ2) is 6.24. The smallest absolute Gasteiger partial charge is 0.320 e. The summed E-state index contributed by atoms with van der Waals surface area (Å²) >= 11 is 0. The molecule has 0 aromatic heterocycles. The van der Waals surface area contributed by atoms with E-state index in [1.807, 2.05) is 4.90 Å². The molecule has 0 bridgehead atoms. The van der Waals surface area contributed by atoms with E-state index in [1.54, 1.807) is 4.90 Å². The number of rotatable bonds is 3. The van der Waals surface area contributed by atoms with Crippen molar-refractivity contribution in [2.45, 2.75) is 45.1 Å². The number of hydrogen-bond donors (Lipinski definition) is 0. The van der Waals surface area contributed by atoms with Gasteiger partial charge in [-0.3, -0.25) is 4.90 Å². The highest BCUT2D eigenvalue weighted by Crippen LogP contribution is 2.28. The average molecular weight is 289 g/mol. The number of likely N-dealkylation sites (tertiary alicyclic amines) is 2. The second-order valence-corrected chi connectivity index (χ2v) is 5.74. The molecule has 0 radical (unpaired) electrons. The average Bonchev–Trinajstić information content (AvgIpc) is 2.89. The number of piperidine rings is 1. The normalized spacial score (nSPS) is 26.4. The first-order valence-corrected chi connectivity index (χ1v) is 7.62. The third-order valence-electron chi connectivity index (χ3n) is 4.53. The number of alkyl halides is 2. The van der Waals surface area contributed by atoms with E-state index in [-0.39, 0.29) is 32.0 Å². The van der Waals surface area contributed by atoms with E-state index in [1.165, 1.54) is 0 Å². The Balaban J connectivity index is 1.86. The molecular formula is C14H25F2N3O. The number of nitrogens with zero attached hydrogens (tertiary/aromatic N) is 3. The van der Waals surface area contributed by atoms with Crippen LogP contribution >= 0.6 is 0 Å². The first-order chi connectivity index (χ1) is 9.46. The van der Waals surface area contributed by atoms with Gasteiger partial charge >= 0.3 is 6.03 Å². The summed E-state index contributed by atoms with van der Waals surface area (Å²) in [6, 6.07) is 0.357. The number of likely N-dealkylation sites (N-methyl/N-ethyl adjacent to an activating group) is 1. The molecule has 0 aliphatic carbocycles. The summed E-state index contributed by atoms with van der Waals surface area (Å²) in [7, 11) is 0. The predicted molar refractivity (Wildman–Crippen MR) is 74.0 cm³/mol. The Kier molecular flexibility index (Phi) is 4.83. The number of halogens is 2. The van der Waals surface area contributed by atoms with Crippen LogP contribution in [0, 0.1) is 0 Å². The quantitative estimate of drug-likeness (QED) is 0.797. The van der Waals surface area contributed by atoms with Crippen LogP contribution in [0.25, 0.3) is 0 Å². The van der Waals surface area contributed by atoms with Crippen molar-refractivity contribution in [1.82, 2.24) is 14.7 Å². The molecule has 1 atom stereocenters. The molecule has 0 aromatic carbocycles. The lowest BCUT2D eigenvalue weighted by molar-refractivity contribution is -0.0488. The maximum Gasteiger partial charge on any atom is 0.320 e. The summed E-state index contributed by atoms with van der Waals surface area (Å²) in [5, 5.41) is 0. The Morgan fingerprint density at radius 2 is 1.75 bits per heavy atom. The van der Waals surface area contributed by atoms with Crippen molar-refractivity contribution in [2.24, 2.45) is 0 Å². The third-order valence-corrected chi connectivity index (χ3v) is 4.53. The fourth-order valence-electron chi connectivity index (χ4n) is 3.18.